The number of ether oxygens (including phenoxy) is 1. The molecule has 2 nitrogen and oxygen atoms in total. The number of hydrogen-bond donors (Lipinski definition) is 0. The van der Waals surface area contributed by atoms with Crippen LogP contribution in [0, 0.1) is 0 Å². The van der Waals surface area contributed by atoms with E-state index in [1.54, 1.807) is 0 Å². The lowest BCUT2D eigenvalue weighted by Crippen LogP contribution is -1.93. The summed E-state index contributed by atoms with van der Waals surface area (Å²) >= 11 is 0. The van der Waals surface area contributed by atoms with E-state index in [9.17, 15) is 4.79 Å². The summed E-state index contributed by atoms with van der Waals surface area (Å²) in [5.74, 6) is -0.267. The van der Waals surface area contributed by atoms with Crippen LogP contribution in [0.5, 0.6) is 0 Å². The van der Waals surface area contributed by atoms with E-state index in [1.165, 1.54) is 13.2 Å². The van der Waals surface area contributed by atoms with Gasteiger partial charge in [-0.05, 0) is 6.42 Å². The van der Waals surface area contributed by atoms with E-state index in [4.69, 9.17) is 0 Å². The van der Waals surface area contributed by atoms with Crippen molar-refractivity contribution in [3.8, 4) is 0 Å². The maximum atomic E-state index is 10.5. The van der Waals surface area contributed by atoms with Gasteiger partial charge < -0.3 is 4.74 Å². The Morgan fingerprint density at radius 3 is 2.80 bits per heavy atom. The molecular formula is C8H14O2. The zero-order valence-corrected chi connectivity index (χ0v) is 6.59. The van der Waals surface area contributed by atoms with Gasteiger partial charge in [-0.3, -0.25) is 0 Å². The SMILES string of the molecule is CCCC/C=C\C(=O)OC. The van der Waals surface area contributed by atoms with Crippen LogP contribution in [0.4, 0.5) is 0 Å². The second-order valence-corrected chi connectivity index (χ2v) is 2.07. The largest absolute Gasteiger partial charge is 0.466 e. The molecule has 0 atom stereocenters. The normalized spacial score (nSPS) is 10.2. The van der Waals surface area contributed by atoms with Crippen LogP contribution < -0.4 is 0 Å². The Labute approximate surface area is 61.9 Å². The Kier molecular flexibility index (Phi) is 5.83. The summed E-state index contributed by atoms with van der Waals surface area (Å²) in [4.78, 5) is 10.5. The topological polar surface area (TPSA) is 26.3 Å². The molecule has 0 radical (unpaired) electrons. The Bertz CT molecular complexity index is 116. The molecule has 0 aromatic heterocycles. The number of carbonyl (C=O) groups is 1. The van der Waals surface area contributed by atoms with E-state index < -0.39 is 0 Å². The highest BCUT2D eigenvalue weighted by Crippen LogP contribution is 1.94. The fourth-order valence-corrected chi connectivity index (χ4v) is 0.570. The molecule has 0 aliphatic rings. The van der Waals surface area contributed by atoms with Crippen LogP contribution in [0.2, 0.25) is 0 Å². The van der Waals surface area contributed by atoms with Crippen molar-refractivity contribution in [2.45, 2.75) is 26.2 Å². The third kappa shape index (κ3) is 5.35. The summed E-state index contributed by atoms with van der Waals surface area (Å²) in [6.45, 7) is 2.12. The lowest BCUT2D eigenvalue weighted by molar-refractivity contribution is -0.134. The number of rotatable bonds is 4. The quantitative estimate of drug-likeness (QED) is 0.340. The van der Waals surface area contributed by atoms with E-state index in [1.807, 2.05) is 6.08 Å². The molecule has 0 spiro atoms. The Morgan fingerprint density at radius 1 is 1.60 bits per heavy atom. The summed E-state index contributed by atoms with van der Waals surface area (Å²) < 4.78 is 4.40. The van der Waals surface area contributed by atoms with Gasteiger partial charge >= 0.3 is 5.97 Å². The molecular weight excluding hydrogens is 128 g/mol. The van der Waals surface area contributed by atoms with Gasteiger partial charge in [-0.2, -0.15) is 0 Å². The van der Waals surface area contributed by atoms with Crippen LogP contribution in [0.1, 0.15) is 26.2 Å². The molecule has 0 N–H and O–H groups in total. The molecule has 0 fully saturated rings. The van der Waals surface area contributed by atoms with Crippen molar-refractivity contribution in [1.82, 2.24) is 0 Å². The van der Waals surface area contributed by atoms with Crippen molar-refractivity contribution in [3.63, 3.8) is 0 Å². The van der Waals surface area contributed by atoms with Gasteiger partial charge in [0.25, 0.3) is 0 Å². The van der Waals surface area contributed by atoms with Crippen LogP contribution in [0.3, 0.4) is 0 Å². The average Bonchev–Trinajstić information content (AvgIpc) is 1.98. The van der Waals surface area contributed by atoms with Crippen LogP contribution in [0.25, 0.3) is 0 Å². The van der Waals surface area contributed by atoms with Gasteiger partial charge in [-0.15, -0.1) is 0 Å². The monoisotopic (exact) mass is 142 g/mol. The third-order valence-electron chi connectivity index (χ3n) is 1.18. The lowest BCUT2D eigenvalue weighted by Gasteiger charge is -1.89. The second kappa shape index (κ2) is 6.33. The van der Waals surface area contributed by atoms with Crippen LogP contribution >= 0.6 is 0 Å². The first-order valence-electron chi connectivity index (χ1n) is 3.55. The Hall–Kier alpha value is -0.790. The summed E-state index contributed by atoms with van der Waals surface area (Å²) in [6.07, 6.45) is 6.57. The summed E-state index contributed by atoms with van der Waals surface area (Å²) in [6, 6.07) is 0. The standard InChI is InChI=1S/C8H14O2/c1-3-4-5-6-7-8(9)10-2/h6-7H,3-5H2,1-2H3/b7-6-. The molecule has 0 amide bonds. The number of methoxy groups -OCH3 is 1. The number of allylic oxidation sites excluding steroid dienone is 1. The Morgan fingerprint density at radius 2 is 2.30 bits per heavy atom. The molecule has 0 bridgehead atoms. The van der Waals surface area contributed by atoms with Crippen molar-refractivity contribution in [1.29, 1.82) is 0 Å². The first kappa shape index (κ1) is 9.21. The smallest absolute Gasteiger partial charge is 0.330 e. The average molecular weight is 142 g/mol. The van der Waals surface area contributed by atoms with E-state index in [0.29, 0.717) is 0 Å². The van der Waals surface area contributed by atoms with E-state index in [-0.39, 0.29) is 5.97 Å². The predicted molar refractivity (Wildman–Crippen MR) is 40.7 cm³/mol. The molecule has 2 heteroatoms. The highest BCUT2D eigenvalue weighted by Gasteiger charge is 1.87. The third-order valence-corrected chi connectivity index (χ3v) is 1.18. The molecule has 10 heavy (non-hydrogen) atoms. The lowest BCUT2D eigenvalue weighted by atomic mass is 10.2. The maximum Gasteiger partial charge on any atom is 0.330 e. The number of hydrogen-bond acceptors (Lipinski definition) is 2. The molecule has 0 aliphatic carbocycles. The van der Waals surface area contributed by atoms with Crippen LogP contribution in [0.15, 0.2) is 12.2 Å². The molecule has 0 unspecified atom stereocenters. The van der Waals surface area contributed by atoms with Gasteiger partial charge in [0.15, 0.2) is 0 Å². The highest BCUT2D eigenvalue weighted by molar-refractivity contribution is 5.81. The minimum Gasteiger partial charge on any atom is -0.466 e. The number of carbonyl (C=O) groups excluding carboxylic acids is 1. The van der Waals surface area contributed by atoms with Gasteiger partial charge in [0.05, 0.1) is 7.11 Å². The van der Waals surface area contributed by atoms with Crippen molar-refractivity contribution >= 4 is 5.97 Å². The van der Waals surface area contributed by atoms with Crippen molar-refractivity contribution < 1.29 is 9.53 Å². The molecule has 0 aliphatic heterocycles. The molecule has 0 rings (SSSR count). The molecule has 0 aromatic rings. The van der Waals surface area contributed by atoms with Gasteiger partial charge in [0.2, 0.25) is 0 Å². The molecule has 0 heterocycles. The van der Waals surface area contributed by atoms with Crippen molar-refractivity contribution in [2.24, 2.45) is 0 Å². The van der Waals surface area contributed by atoms with Gasteiger partial charge in [0.1, 0.15) is 0 Å². The molecule has 0 saturated carbocycles. The fourth-order valence-electron chi connectivity index (χ4n) is 0.570. The first-order chi connectivity index (χ1) is 4.81. The van der Waals surface area contributed by atoms with Crippen molar-refractivity contribution in [2.75, 3.05) is 7.11 Å². The highest BCUT2D eigenvalue weighted by atomic mass is 16.5. The number of esters is 1. The van der Waals surface area contributed by atoms with Crippen LogP contribution in [-0.4, -0.2) is 13.1 Å². The second-order valence-electron chi connectivity index (χ2n) is 2.07. The summed E-state index contributed by atoms with van der Waals surface area (Å²) in [5, 5.41) is 0. The van der Waals surface area contributed by atoms with Gasteiger partial charge in [-0.25, -0.2) is 4.79 Å². The van der Waals surface area contributed by atoms with Crippen LogP contribution in [-0.2, 0) is 9.53 Å². The zero-order valence-electron chi connectivity index (χ0n) is 6.59. The minimum absolute atomic E-state index is 0.267. The van der Waals surface area contributed by atoms with E-state index in [0.717, 1.165) is 19.3 Å². The fraction of sp³-hybridized carbons (Fsp3) is 0.625. The van der Waals surface area contributed by atoms with E-state index in [2.05, 4.69) is 11.7 Å². The van der Waals surface area contributed by atoms with Crippen molar-refractivity contribution in [3.05, 3.63) is 12.2 Å². The summed E-state index contributed by atoms with van der Waals surface area (Å²) in [5.41, 5.74) is 0. The van der Waals surface area contributed by atoms with E-state index >= 15 is 0 Å². The molecule has 0 saturated heterocycles. The maximum absolute atomic E-state index is 10.5. The Balaban J connectivity index is 3.27. The molecule has 58 valence electrons. The summed E-state index contributed by atoms with van der Waals surface area (Å²) in [7, 11) is 1.38. The zero-order chi connectivity index (χ0) is 7.82. The first-order valence-corrected chi connectivity index (χ1v) is 3.55. The minimum atomic E-state index is -0.267. The molecule has 0 aromatic carbocycles. The predicted octanol–water partition coefficient (Wildman–Crippen LogP) is 1.91. The van der Waals surface area contributed by atoms with Gasteiger partial charge in [-0.1, -0.05) is 25.8 Å². The van der Waals surface area contributed by atoms with Gasteiger partial charge in [0, 0.05) is 6.08 Å². The number of unbranched alkanes of at least 4 members (excludes halogenated alkanes) is 2.